The molecule has 1 unspecified atom stereocenters. The number of carboxylic acids is 1. The van der Waals surface area contributed by atoms with E-state index in [4.69, 9.17) is 16.7 Å². The molecule has 1 rings (SSSR count). The number of carbonyl (C=O) groups is 2. The molecule has 0 bridgehead atoms. The minimum Gasteiger partial charge on any atom is -0.478 e. The Morgan fingerprint density at radius 2 is 2.00 bits per heavy atom. The van der Waals surface area contributed by atoms with Gasteiger partial charge in [0.25, 0.3) is 0 Å². The molecule has 2 N–H and O–H groups in total. The number of sulfone groups is 1. The number of benzene rings is 1. The summed E-state index contributed by atoms with van der Waals surface area (Å²) in [7, 11) is -4.23. The summed E-state index contributed by atoms with van der Waals surface area (Å²) in [5.41, 5.74) is -0.682. The van der Waals surface area contributed by atoms with E-state index >= 15 is 0 Å². The highest BCUT2D eigenvalue weighted by Crippen LogP contribution is 2.26. The van der Waals surface area contributed by atoms with Crippen LogP contribution in [0.1, 0.15) is 24.2 Å². The normalized spacial score (nSPS) is 12.8. The summed E-state index contributed by atoms with van der Waals surface area (Å²) in [5, 5.41) is 9.04. The van der Waals surface area contributed by atoms with Crippen LogP contribution in [0.5, 0.6) is 0 Å². The van der Waals surface area contributed by atoms with E-state index in [2.05, 4.69) is 5.32 Å². The zero-order valence-electron chi connectivity index (χ0n) is 11.2. The Labute approximate surface area is 125 Å². The Kier molecular flexibility index (Phi) is 5.30. The maximum atomic E-state index is 13.6. The Morgan fingerprint density at radius 3 is 2.48 bits per heavy atom. The van der Waals surface area contributed by atoms with Crippen molar-refractivity contribution in [1.29, 1.82) is 0 Å². The maximum Gasteiger partial charge on any atom is 0.337 e. The monoisotopic (exact) mass is 337 g/mol. The number of halogens is 2. The van der Waals surface area contributed by atoms with Gasteiger partial charge in [0.2, 0.25) is 5.91 Å². The molecule has 0 aromatic heterocycles. The number of carbonyl (C=O) groups excluding carboxylic acids is 1. The Balaban J connectivity index is 3.39. The first kappa shape index (κ1) is 17.4. The summed E-state index contributed by atoms with van der Waals surface area (Å²) < 4.78 is 38.0. The van der Waals surface area contributed by atoms with Gasteiger partial charge in [0.05, 0.1) is 15.5 Å². The molecule has 1 aromatic carbocycles. The van der Waals surface area contributed by atoms with E-state index in [9.17, 15) is 22.4 Å². The lowest BCUT2D eigenvalue weighted by atomic mass is 10.2. The van der Waals surface area contributed by atoms with Crippen molar-refractivity contribution in [2.75, 3.05) is 6.54 Å². The van der Waals surface area contributed by atoms with Gasteiger partial charge < -0.3 is 10.4 Å². The molecule has 0 saturated carbocycles. The first-order valence-electron chi connectivity index (χ1n) is 5.86. The van der Waals surface area contributed by atoms with Crippen LogP contribution in [0.2, 0.25) is 5.02 Å². The van der Waals surface area contributed by atoms with E-state index in [0.29, 0.717) is 6.07 Å². The van der Waals surface area contributed by atoms with E-state index < -0.39 is 48.3 Å². The topological polar surface area (TPSA) is 101 Å². The predicted octanol–water partition coefficient (Wildman–Crippen LogP) is 1.48. The quantitative estimate of drug-likeness (QED) is 0.847. The van der Waals surface area contributed by atoms with Crippen molar-refractivity contribution in [2.45, 2.75) is 24.0 Å². The van der Waals surface area contributed by atoms with Gasteiger partial charge in [-0.25, -0.2) is 17.6 Å². The van der Waals surface area contributed by atoms with Gasteiger partial charge in [0.1, 0.15) is 11.1 Å². The molecule has 1 amide bonds. The van der Waals surface area contributed by atoms with Crippen molar-refractivity contribution in [3.8, 4) is 0 Å². The molecule has 0 heterocycles. The first-order chi connectivity index (χ1) is 9.62. The van der Waals surface area contributed by atoms with Crippen molar-refractivity contribution in [2.24, 2.45) is 0 Å². The van der Waals surface area contributed by atoms with Crippen LogP contribution in [-0.4, -0.2) is 37.2 Å². The lowest BCUT2D eigenvalue weighted by Crippen LogP contribution is -2.37. The highest BCUT2D eigenvalue weighted by Gasteiger charge is 2.31. The van der Waals surface area contributed by atoms with E-state index in [1.54, 1.807) is 6.92 Å². The predicted molar refractivity (Wildman–Crippen MR) is 73.7 cm³/mol. The molecule has 0 aliphatic rings. The second-order valence-corrected chi connectivity index (χ2v) is 6.80. The summed E-state index contributed by atoms with van der Waals surface area (Å²) in [6.45, 7) is 2.98. The third-order valence-corrected chi connectivity index (χ3v) is 5.17. The van der Waals surface area contributed by atoms with E-state index in [1.807, 2.05) is 0 Å². The van der Waals surface area contributed by atoms with Crippen molar-refractivity contribution in [3.63, 3.8) is 0 Å². The molecule has 1 atom stereocenters. The fourth-order valence-electron chi connectivity index (χ4n) is 1.55. The van der Waals surface area contributed by atoms with Crippen molar-refractivity contribution >= 4 is 33.3 Å². The summed E-state index contributed by atoms with van der Waals surface area (Å²) in [6, 6.07) is 1.33. The molecule has 0 aliphatic heterocycles. The van der Waals surface area contributed by atoms with Crippen molar-refractivity contribution < 1.29 is 27.5 Å². The van der Waals surface area contributed by atoms with Gasteiger partial charge in [-0.05, 0) is 26.0 Å². The molecule has 9 heteroatoms. The van der Waals surface area contributed by atoms with Gasteiger partial charge in [0, 0.05) is 6.54 Å². The number of rotatable bonds is 5. The number of amides is 1. The minimum absolute atomic E-state index is 0.230. The molecule has 0 spiro atoms. The summed E-state index contributed by atoms with van der Waals surface area (Å²) in [5.74, 6) is -3.51. The summed E-state index contributed by atoms with van der Waals surface area (Å²) >= 11 is 5.47. The van der Waals surface area contributed by atoms with Crippen LogP contribution >= 0.6 is 11.6 Å². The minimum atomic E-state index is -4.23. The lowest BCUT2D eigenvalue weighted by molar-refractivity contribution is -0.120. The average Bonchev–Trinajstić information content (AvgIpc) is 2.40. The third-order valence-electron chi connectivity index (χ3n) is 2.75. The van der Waals surface area contributed by atoms with E-state index in [0.717, 1.165) is 13.0 Å². The second-order valence-electron chi connectivity index (χ2n) is 4.15. The number of hydrogen-bond donors (Lipinski definition) is 2. The van der Waals surface area contributed by atoms with Crippen LogP contribution in [0.15, 0.2) is 17.0 Å². The first-order valence-corrected chi connectivity index (χ1v) is 7.79. The molecule has 0 radical (unpaired) electrons. The number of nitrogens with one attached hydrogen (secondary N) is 1. The van der Waals surface area contributed by atoms with Gasteiger partial charge in [-0.2, -0.15) is 0 Å². The highest BCUT2D eigenvalue weighted by atomic mass is 35.5. The molecule has 1 aromatic rings. The molecule has 21 heavy (non-hydrogen) atoms. The molecule has 116 valence electrons. The average molecular weight is 338 g/mol. The second kappa shape index (κ2) is 6.40. The van der Waals surface area contributed by atoms with Crippen LogP contribution in [-0.2, 0) is 14.6 Å². The van der Waals surface area contributed by atoms with Crippen molar-refractivity contribution in [1.82, 2.24) is 5.32 Å². The van der Waals surface area contributed by atoms with Crippen LogP contribution in [0.25, 0.3) is 0 Å². The van der Waals surface area contributed by atoms with Crippen LogP contribution in [0.4, 0.5) is 4.39 Å². The third kappa shape index (κ3) is 3.51. The molecular weight excluding hydrogens is 325 g/mol. The maximum absolute atomic E-state index is 13.6. The van der Waals surface area contributed by atoms with Gasteiger partial charge in [0.15, 0.2) is 9.84 Å². The Bertz CT molecular complexity index is 689. The Morgan fingerprint density at radius 1 is 1.43 bits per heavy atom. The zero-order chi connectivity index (χ0) is 16.4. The Hall–Kier alpha value is -1.67. The highest BCUT2D eigenvalue weighted by molar-refractivity contribution is 7.92. The van der Waals surface area contributed by atoms with Gasteiger partial charge in [-0.15, -0.1) is 0 Å². The lowest BCUT2D eigenvalue weighted by Gasteiger charge is -2.13. The van der Waals surface area contributed by atoms with Gasteiger partial charge in [-0.3, -0.25) is 4.79 Å². The molecule has 0 saturated heterocycles. The summed E-state index contributed by atoms with van der Waals surface area (Å²) in [4.78, 5) is 21.9. The smallest absolute Gasteiger partial charge is 0.337 e. The van der Waals surface area contributed by atoms with E-state index in [1.165, 1.54) is 0 Å². The SMILES string of the molecule is CCNC(=O)C(C)S(=O)(=O)c1cc(F)c(Cl)c(C(=O)O)c1. The fourth-order valence-corrected chi connectivity index (χ4v) is 3.06. The standard InChI is InChI=1S/C12H13ClFNO5S/c1-3-15-11(16)6(2)21(19,20)7-4-8(12(17)18)10(13)9(14)5-7/h4-6H,3H2,1-2H3,(H,15,16)(H,17,18). The largest absolute Gasteiger partial charge is 0.478 e. The molecule has 0 fully saturated rings. The molecule has 0 aliphatic carbocycles. The van der Waals surface area contributed by atoms with Crippen molar-refractivity contribution in [3.05, 3.63) is 28.5 Å². The fraction of sp³-hybridized carbons (Fsp3) is 0.333. The molecule has 6 nitrogen and oxygen atoms in total. The zero-order valence-corrected chi connectivity index (χ0v) is 12.8. The number of aromatic carboxylic acids is 1. The van der Waals surface area contributed by atoms with Crippen LogP contribution < -0.4 is 5.32 Å². The number of hydrogen-bond acceptors (Lipinski definition) is 4. The van der Waals surface area contributed by atoms with Crippen LogP contribution in [0, 0.1) is 5.82 Å². The summed E-state index contributed by atoms with van der Waals surface area (Å²) in [6.07, 6.45) is 0. The van der Waals surface area contributed by atoms with Gasteiger partial charge in [-0.1, -0.05) is 11.6 Å². The number of carboxylic acid groups (broad SMARTS) is 1. The molecular formula is C12H13ClFNO5S. The van der Waals surface area contributed by atoms with Gasteiger partial charge >= 0.3 is 5.97 Å². The van der Waals surface area contributed by atoms with E-state index in [-0.39, 0.29) is 6.54 Å². The van der Waals surface area contributed by atoms with Crippen LogP contribution in [0.3, 0.4) is 0 Å².